The fourth-order valence-electron chi connectivity index (χ4n) is 3.31. The van der Waals surface area contributed by atoms with Crippen molar-refractivity contribution >= 4 is 0 Å². The predicted octanol–water partition coefficient (Wildman–Crippen LogP) is -0.170. The molecule has 2 heterocycles. The number of hydrogen-bond acceptors (Lipinski definition) is 8. The second-order valence-electron chi connectivity index (χ2n) is 7.23. The third-order valence-electron chi connectivity index (χ3n) is 4.84. The van der Waals surface area contributed by atoms with Gasteiger partial charge in [0.25, 0.3) is 0 Å². The molecule has 0 unspecified atom stereocenters. The monoisotopic (exact) mass is 396 g/mol. The summed E-state index contributed by atoms with van der Waals surface area (Å²) in [5.74, 6) is 1.28. The van der Waals surface area contributed by atoms with Crippen LogP contribution in [-0.2, 0) is 9.47 Å². The third-order valence-corrected chi connectivity index (χ3v) is 4.84. The van der Waals surface area contributed by atoms with Crippen LogP contribution in [0.25, 0.3) is 0 Å². The topological polar surface area (TPSA) is 83.9 Å². The molecule has 0 radical (unpaired) electrons. The van der Waals surface area contributed by atoms with Crippen LogP contribution in [0.3, 0.4) is 0 Å². The molecule has 28 heavy (non-hydrogen) atoms. The van der Waals surface area contributed by atoms with Gasteiger partial charge < -0.3 is 29.2 Å². The summed E-state index contributed by atoms with van der Waals surface area (Å²) in [6.45, 7) is 7.81. The first kappa shape index (κ1) is 21.3. The number of rotatable bonds is 10. The minimum atomic E-state index is -0.557. The SMILES string of the molecule is O[C@@H](COc1cccc(OC[C@H](O)CN2CCOCC2)c1)CN1CCOCC1. The molecule has 2 N–H and O–H groups in total. The zero-order valence-corrected chi connectivity index (χ0v) is 16.4. The number of hydrogen-bond donors (Lipinski definition) is 2. The largest absolute Gasteiger partial charge is 0.491 e. The Morgan fingerprint density at radius 2 is 1.21 bits per heavy atom. The lowest BCUT2D eigenvalue weighted by Crippen LogP contribution is -2.42. The highest BCUT2D eigenvalue weighted by atomic mass is 16.5. The lowest BCUT2D eigenvalue weighted by atomic mass is 10.3. The van der Waals surface area contributed by atoms with Crippen LogP contribution in [-0.4, -0.2) is 111 Å². The van der Waals surface area contributed by atoms with E-state index in [0.29, 0.717) is 51.0 Å². The number of nitrogens with zero attached hydrogens (tertiary/aromatic N) is 2. The molecule has 2 atom stereocenters. The molecule has 0 amide bonds. The molecule has 3 rings (SSSR count). The van der Waals surface area contributed by atoms with Crippen molar-refractivity contribution in [3.8, 4) is 11.5 Å². The molecule has 8 nitrogen and oxygen atoms in total. The van der Waals surface area contributed by atoms with E-state index >= 15 is 0 Å². The Morgan fingerprint density at radius 1 is 0.786 bits per heavy atom. The number of morpholine rings is 2. The average Bonchev–Trinajstić information content (AvgIpc) is 2.73. The van der Waals surface area contributed by atoms with Gasteiger partial charge in [-0.2, -0.15) is 0 Å². The highest BCUT2D eigenvalue weighted by Crippen LogP contribution is 2.20. The van der Waals surface area contributed by atoms with Gasteiger partial charge in [-0.3, -0.25) is 9.80 Å². The van der Waals surface area contributed by atoms with Gasteiger partial charge in [-0.1, -0.05) is 6.07 Å². The second-order valence-corrected chi connectivity index (χ2v) is 7.23. The molecule has 2 aliphatic rings. The molecule has 2 saturated heterocycles. The fraction of sp³-hybridized carbons (Fsp3) is 0.700. The number of ether oxygens (including phenoxy) is 4. The lowest BCUT2D eigenvalue weighted by Gasteiger charge is -2.28. The van der Waals surface area contributed by atoms with Crippen molar-refractivity contribution in [3.63, 3.8) is 0 Å². The van der Waals surface area contributed by atoms with Gasteiger partial charge in [-0.25, -0.2) is 0 Å². The van der Waals surface area contributed by atoms with Crippen LogP contribution < -0.4 is 9.47 Å². The molecule has 2 fully saturated rings. The van der Waals surface area contributed by atoms with Crippen molar-refractivity contribution in [1.82, 2.24) is 9.80 Å². The Morgan fingerprint density at radius 3 is 1.64 bits per heavy atom. The van der Waals surface area contributed by atoms with Crippen LogP contribution in [0.4, 0.5) is 0 Å². The summed E-state index contributed by atoms with van der Waals surface area (Å²) >= 11 is 0. The highest BCUT2D eigenvalue weighted by Gasteiger charge is 2.16. The van der Waals surface area contributed by atoms with Crippen LogP contribution in [0.15, 0.2) is 24.3 Å². The smallest absolute Gasteiger partial charge is 0.123 e. The van der Waals surface area contributed by atoms with Gasteiger partial charge >= 0.3 is 0 Å². The molecule has 0 spiro atoms. The van der Waals surface area contributed by atoms with Gasteiger partial charge in [0.15, 0.2) is 0 Å². The molecular weight excluding hydrogens is 364 g/mol. The molecular formula is C20H32N2O6. The van der Waals surface area contributed by atoms with E-state index in [0.717, 1.165) is 26.2 Å². The van der Waals surface area contributed by atoms with E-state index < -0.39 is 12.2 Å². The average molecular weight is 396 g/mol. The summed E-state index contributed by atoms with van der Waals surface area (Å²) in [7, 11) is 0. The Hall–Kier alpha value is -1.42. The van der Waals surface area contributed by atoms with Crippen molar-refractivity contribution in [1.29, 1.82) is 0 Å². The Balaban J connectivity index is 1.36. The second kappa shape index (κ2) is 11.5. The lowest BCUT2D eigenvalue weighted by molar-refractivity contribution is 0.00409. The summed E-state index contributed by atoms with van der Waals surface area (Å²) in [5.41, 5.74) is 0. The number of aliphatic hydroxyl groups is 2. The van der Waals surface area contributed by atoms with Crippen LogP contribution in [0.5, 0.6) is 11.5 Å². The fourth-order valence-corrected chi connectivity index (χ4v) is 3.31. The minimum absolute atomic E-state index is 0.223. The maximum Gasteiger partial charge on any atom is 0.123 e. The van der Waals surface area contributed by atoms with Crippen LogP contribution in [0, 0.1) is 0 Å². The Labute approximate surface area is 166 Å². The molecule has 1 aromatic rings. The maximum atomic E-state index is 10.2. The highest BCUT2D eigenvalue weighted by molar-refractivity contribution is 5.33. The molecule has 158 valence electrons. The Bertz CT molecular complexity index is 518. The molecule has 1 aromatic carbocycles. The summed E-state index contributed by atoms with van der Waals surface area (Å²) in [6, 6.07) is 7.28. The third kappa shape index (κ3) is 7.54. The molecule has 0 aromatic heterocycles. The van der Waals surface area contributed by atoms with Crippen LogP contribution in [0.1, 0.15) is 0 Å². The van der Waals surface area contributed by atoms with E-state index in [9.17, 15) is 10.2 Å². The zero-order chi connectivity index (χ0) is 19.6. The molecule has 2 aliphatic heterocycles. The Kier molecular flexibility index (Phi) is 8.78. The summed E-state index contributed by atoms with van der Waals surface area (Å²) in [5, 5.41) is 20.4. The predicted molar refractivity (Wildman–Crippen MR) is 104 cm³/mol. The van der Waals surface area contributed by atoms with E-state index in [1.165, 1.54) is 0 Å². The van der Waals surface area contributed by atoms with E-state index in [-0.39, 0.29) is 13.2 Å². The van der Waals surface area contributed by atoms with Gasteiger partial charge in [0.2, 0.25) is 0 Å². The minimum Gasteiger partial charge on any atom is -0.491 e. The van der Waals surface area contributed by atoms with Gasteiger partial charge in [0.1, 0.15) is 36.9 Å². The van der Waals surface area contributed by atoms with Gasteiger partial charge in [-0.05, 0) is 12.1 Å². The first-order valence-electron chi connectivity index (χ1n) is 10.0. The summed E-state index contributed by atoms with van der Waals surface area (Å²) < 4.78 is 22.0. The molecule has 0 bridgehead atoms. The number of aliphatic hydroxyl groups excluding tert-OH is 2. The van der Waals surface area contributed by atoms with Crippen molar-refractivity contribution in [2.75, 3.05) is 78.9 Å². The van der Waals surface area contributed by atoms with E-state index in [2.05, 4.69) is 9.80 Å². The standard InChI is InChI=1S/C20H32N2O6/c23-17(13-21-4-8-25-9-5-21)15-27-19-2-1-3-20(12-19)28-16-18(24)14-22-6-10-26-11-7-22/h1-3,12,17-18,23-24H,4-11,13-16H2/t17-,18-/m1/s1. The van der Waals surface area contributed by atoms with Crippen LogP contribution in [0.2, 0.25) is 0 Å². The maximum absolute atomic E-state index is 10.2. The normalized spacial score (nSPS) is 21.2. The summed E-state index contributed by atoms with van der Waals surface area (Å²) in [4.78, 5) is 4.35. The zero-order valence-electron chi connectivity index (χ0n) is 16.4. The molecule has 0 aliphatic carbocycles. The number of β-amino-alcohol motifs (C(OH)–C–C–N with tert-alkyl or cyclic N) is 2. The van der Waals surface area contributed by atoms with Crippen molar-refractivity contribution in [2.24, 2.45) is 0 Å². The van der Waals surface area contributed by atoms with Gasteiger partial charge in [0, 0.05) is 45.3 Å². The molecule has 0 saturated carbocycles. The first-order chi connectivity index (χ1) is 13.7. The van der Waals surface area contributed by atoms with Crippen molar-refractivity contribution < 1.29 is 29.2 Å². The van der Waals surface area contributed by atoms with Crippen molar-refractivity contribution in [3.05, 3.63) is 24.3 Å². The van der Waals surface area contributed by atoms with Gasteiger partial charge in [0.05, 0.1) is 26.4 Å². The quantitative estimate of drug-likeness (QED) is 0.564. The van der Waals surface area contributed by atoms with E-state index in [4.69, 9.17) is 18.9 Å². The molecule has 8 heteroatoms. The van der Waals surface area contributed by atoms with E-state index in [1.807, 2.05) is 18.2 Å². The number of benzene rings is 1. The first-order valence-corrected chi connectivity index (χ1v) is 10.0. The van der Waals surface area contributed by atoms with Gasteiger partial charge in [-0.15, -0.1) is 0 Å². The van der Waals surface area contributed by atoms with Crippen molar-refractivity contribution in [2.45, 2.75) is 12.2 Å². The summed E-state index contributed by atoms with van der Waals surface area (Å²) in [6.07, 6.45) is -1.11. The van der Waals surface area contributed by atoms with Crippen LogP contribution >= 0.6 is 0 Å². The van der Waals surface area contributed by atoms with E-state index in [1.54, 1.807) is 6.07 Å².